The molecule has 27 heavy (non-hydrogen) atoms. The first kappa shape index (κ1) is 19.3. The van der Waals surface area contributed by atoms with Gasteiger partial charge in [0.2, 0.25) is 17.7 Å². The summed E-state index contributed by atoms with van der Waals surface area (Å²) in [6.45, 7) is 4.18. The molecule has 2 aliphatic heterocycles. The zero-order chi connectivity index (χ0) is 19.3. The van der Waals surface area contributed by atoms with Crippen molar-refractivity contribution in [2.24, 2.45) is 0 Å². The molecular formula is C19H26N4O4. The van der Waals surface area contributed by atoms with Crippen molar-refractivity contribution in [3.63, 3.8) is 0 Å². The fourth-order valence-electron chi connectivity index (χ4n) is 3.62. The van der Waals surface area contributed by atoms with Crippen molar-refractivity contribution in [2.75, 3.05) is 39.3 Å². The Balaban J connectivity index is 1.51. The molecule has 0 radical (unpaired) electrons. The lowest BCUT2D eigenvalue weighted by Crippen LogP contribution is -2.59. The lowest BCUT2D eigenvalue weighted by Gasteiger charge is -2.47. The molecule has 8 nitrogen and oxygen atoms in total. The lowest BCUT2D eigenvalue weighted by molar-refractivity contribution is -0.162. The number of likely N-dealkylation sites (tertiary alicyclic amines) is 1. The highest BCUT2D eigenvalue weighted by atomic mass is 16.5. The Kier molecular flexibility index (Phi) is 6.05. The summed E-state index contributed by atoms with van der Waals surface area (Å²) in [7, 11) is 0. The van der Waals surface area contributed by atoms with Crippen LogP contribution in [0.2, 0.25) is 0 Å². The number of amides is 3. The Hall–Kier alpha value is -2.48. The number of nitrogens with one attached hydrogen (secondary N) is 1. The van der Waals surface area contributed by atoms with Crippen LogP contribution in [-0.2, 0) is 25.5 Å². The standard InChI is InChI=1S/C19H26N4O4/c1-15(24)21-13-18(26)23-10-11-27-19(14-23)4-8-22(9-5-19)17(25)12-16-2-6-20-7-3-16/h2-3,6-7H,4-5,8-14H2,1H3,(H,21,24). The quantitative estimate of drug-likeness (QED) is 0.800. The molecule has 3 rings (SSSR count). The van der Waals surface area contributed by atoms with E-state index < -0.39 is 5.60 Å². The number of morpholine rings is 1. The number of nitrogens with zero attached hydrogens (tertiary/aromatic N) is 3. The normalized spacial score (nSPS) is 19.0. The number of rotatable bonds is 4. The minimum atomic E-state index is -0.391. The molecule has 2 fully saturated rings. The Bertz CT molecular complexity index is 686. The van der Waals surface area contributed by atoms with Gasteiger partial charge in [-0.1, -0.05) is 0 Å². The molecule has 1 aromatic heterocycles. The summed E-state index contributed by atoms with van der Waals surface area (Å²) in [5, 5.41) is 2.55. The van der Waals surface area contributed by atoms with Gasteiger partial charge in [-0.25, -0.2) is 0 Å². The van der Waals surface area contributed by atoms with E-state index in [1.807, 2.05) is 17.0 Å². The molecule has 0 atom stereocenters. The Labute approximate surface area is 158 Å². The van der Waals surface area contributed by atoms with E-state index in [2.05, 4.69) is 10.3 Å². The van der Waals surface area contributed by atoms with Crippen molar-refractivity contribution in [1.82, 2.24) is 20.1 Å². The molecular weight excluding hydrogens is 348 g/mol. The van der Waals surface area contributed by atoms with E-state index >= 15 is 0 Å². The minimum Gasteiger partial charge on any atom is -0.371 e. The molecule has 0 aliphatic carbocycles. The van der Waals surface area contributed by atoms with Crippen molar-refractivity contribution in [2.45, 2.75) is 31.8 Å². The zero-order valence-electron chi connectivity index (χ0n) is 15.6. The van der Waals surface area contributed by atoms with Crippen LogP contribution in [0.1, 0.15) is 25.3 Å². The number of hydrogen-bond acceptors (Lipinski definition) is 5. The van der Waals surface area contributed by atoms with E-state index in [9.17, 15) is 14.4 Å². The third-order valence-electron chi connectivity index (χ3n) is 5.22. The highest BCUT2D eigenvalue weighted by Gasteiger charge is 2.41. The average molecular weight is 374 g/mol. The molecule has 2 aliphatic rings. The third kappa shape index (κ3) is 5.03. The van der Waals surface area contributed by atoms with Gasteiger partial charge in [0, 0.05) is 45.5 Å². The second-order valence-corrected chi connectivity index (χ2v) is 7.17. The maximum atomic E-state index is 12.5. The van der Waals surface area contributed by atoms with Crippen LogP contribution in [0.3, 0.4) is 0 Å². The Morgan fingerprint density at radius 1 is 1.11 bits per heavy atom. The largest absolute Gasteiger partial charge is 0.371 e. The van der Waals surface area contributed by atoms with Crippen molar-refractivity contribution < 1.29 is 19.1 Å². The number of carbonyl (C=O) groups excluding carboxylic acids is 3. The van der Waals surface area contributed by atoms with Crippen LogP contribution in [0.4, 0.5) is 0 Å². The molecule has 3 heterocycles. The van der Waals surface area contributed by atoms with Gasteiger partial charge in [-0.05, 0) is 30.5 Å². The number of hydrogen-bond donors (Lipinski definition) is 1. The fraction of sp³-hybridized carbons (Fsp3) is 0.579. The van der Waals surface area contributed by atoms with E-state index in [1.54, 1.807) is 17.3 Å². The van der Waals surface area contributed by atoms with E-state index in [-0.39, 0.29) is 24.3 Å². The number of carbonyl (C=O) groups is 3. The van der Waals surface area contributed by atoms with Crippen LogP contribution in [0.25, 0.3) is 0 Å². The first-order valence-electron chi connectivity index (χ1n) is 9.30. The van der Waals surface area contributed by atoms with Gasteiger partial charge in [-0.3, -0.25) is 19.4 Å². The highest BCUT2D eigenvalue weighted by molar-refractivity contribution is 5.83. The predicted octanol–water partition coefficient (Wildman–Crippen LogP) is -0.0198. The Morgan fingerprint density at radius 2 is 1.81 bits per heavy atom. The molecule has 0 bridgehead atoms. The summed E-state index contributed by atoms with van der Waals surface area (Å²) in [5.41, 5.74) is 0.566. The van der Waals surface area contributed by atoms with Gasteiger partial charge in [0.25, 0.3) is 0 Å². The molecule has 1 aromatic rings. The smallest absolute Gasteiger partial charge is 0.242 e. The molecule has 1 N–H and O–H groups in total. The second-order valence-electron chi connectivity index (χ2n) is 7.17. The molecule has 1 spiro atoms. The summed E-state index contributed by atoms with van der Waals surface area (Å²) in [6, 6.07) is 3.71. The van der Waals surface area contributed by atoms with Crippen molar-refractivity contribution in [1.29, 1.82) is 0 Å². The van der Waals surface area contributed by atoms with Gasteiger partial charge >= 0.3 is 0 Å². The van der Waals surface area contributed by atoms with Crippen LogP contribution >= 0.6 is 0 Å². The molecule has 0 aromatic carbocycles. The van der Waals surface area contributed by atoms with Crippen LogP contribution < -0.4 is 5.32 Å². The van der Waals surface area contributed by atoms with Crippen LogP contribution in [0.5, 0.6) is 0 Å². The summed E-state index contributed by atoms with van der Waals surface area (Å²) >= 11 is 0. The topological polar surface area (TPSA) is 91.8 Å². The third-order valence-corrected chi connectivity index (χ3v) is 5.22. The lowest BCUT2D eigenvalue weighted by atomic mass is 9.89. The Morgan fingerprint density at radius 3 is 2.48 bits per heavy atom. The van der Waals surface area contributed by atoms with E-state index in [0.29, 0.717) is 52.0 Å². The summed E-state index contributed by atoms with van der Waals surface area (Å²) < 4.78 is 6.03. The van der Waals surface area contributed by atoms with Gasteiger partial charge in [0.15, 0.2) is 0 Å². The molecule has 2 saturated heterocycles. The molecule has 146 valence electrons. The number of piperidine rings is 1. The van der Waals surface area contributed by atoms with Crippen LogP contribution in [0.15, 0.2) is 24.5 Å². The van der Waals surface area contributed by atoms with Gasteiger partial charge in [0.05, 0.1) is 25.2 Å². The van der Waals surface area contributed by atoms with Gasteiger partial charge in [-0.15, -0.1) is 0 Å². The molecule has 0 unspecified atom stereocenters. The predicted molar refractivity (Wildman–Crippen MR) is 97.7 cm³/mol. The van der Waals surface area contributed by atoms with E-state index in [4.69, 9.17) is 4.74 Å². The van der Waals surface area contributed by atoms with Crippen molar-refractivity contribution >= 4 is 17.7 Å². The molecule has 3 amide bonds. The van der Waals surface area contributed by atoms with E-state index in [1.165, 1.54) is 6.92 Å². The van der Waals surface area contributed by atoms with Gasteiger partial charge < -0.3 is 19.9 Å². The van der Waals surface area contributed by atoms with Crippen LogP contribution in [-0.4, -0.2) is 77.4 Å². The van der Waals surface area contributed by atoms with Crippen molar-refractivity contribution in [3.05, 3.63) is 30.1 Å². The summed E-state index contributed by atoms with van der Waals surface area (Å²) in [6.07, 6.45) is 5.17. The first-order chi connectivity index (χ1) is 13.0. The van der Waals surface area contributed by atoms with E-state index in [0.717, 1.165) is 5.56 Å². The van der Waals surface area contributed by atoms with Gasteiger partial charge in [0.1, 0.15) is 0 Å². The monoisotopic (exact) mass is 374 g/mol. The summed E-state index contributed by atoms with van der Waals surface area (Å²) in [4.78, 5) is 43.4. The second kappa shape index (κ2) is 8.47. The van der Waals surface area contributed by atoms with Crippen molar-refractivity contribution in [3.8, 4) is 0 Å². The first-order valence-corrected chi connectivity index (χ1v) is 9.30. The number of aromatic nitrogens is 1. The highest BCUT2D eigenvalue weighted by Crippen LogP contribution is 2.30. The maximum absolute atomic E-state index is 12.5. The fourth-order valence-corrected chi connectivity index (χ4v) is 3.62. The number of pyridine rings is 1. The maximum Gasteiger partial charge on any atom is 0.242 e. The summed E-state index contributed by atoms with van der Waals surface area (Å²) in [5.74, 6) is -0.207. The average Bonchev–Trinajstić information content (AvgIpc) is 2.67. The zero-order valence-corrected chi connectivity index (χ0v) is 15.6. The number of ether oxygens (including phenoxy) is 1. The SMILES string of the molecule is CC(=O)NCC(=O)N1CCOC2(CCN(C(=O)Cc3ccncc3)CC2)C1. The minimum absolute atomic E-state index is 0.0158. The molecule has 8 heteroatoms. The van der Waals surface area contributed by atoms with Crippen LogP contribution in [0, 0.1) is 0 Å². The molecule has 0 saturated carbocycles. The van der Waals surface area contributed by atoms with Gasteiger partial charge in [-0.2, -0.15) is 0 Å².